The lowest BCUT2D eigenvalue weighted by Gasteiger charge is -2.20. The summed E-state index contributed by atoms with van der Waals surface area (Å²) in [6.45, 7) is 5.64. The van der Waals surface area contributed by atoms with Gasteiger partial charge in [0.15, 0.2) is 0 Å². The highest BCUT2D eigenvalue weighted by atomic mass is 16.4. The van der Waals surface area contributed by atoms with Crippen LogP contribution in [0, 0.1) is 12.8 Å². The van der Waals surface area contributed by atoms with Crippen LogP contribution < -0.4 is 10.6 Å². The minimum atomic E-state index is -1.02. The zero-order valence-electron chi connectivity index (χ0n) is 11.4. The first-order chi connectivity index (χ1) is 8.93. The molecule has 0 bridgehead atoms. The van der Waals surface area contributed by atoms with E-state index in [2.05, 4.69) is 10.6 Å². The van der Waals surface area contributed by atoms with Gasteiger partial charge in [-0.05, 0) is 25.0 Å². The molecule has 1 aromatic rings. The Morgan fingerprint density at radius 2 is 1.84 bits per heavy atom. The predicted octanol–water partition coefficient (Wildman–Crippen LogP) is 2.62. The van der Waals surface area contributed by atoms with Crippen LogP contribution in [0.2, 0.25) is 0 Å². The zero-order valence-corrected chi connectivity index (χ0v) is 11.4. The molecule has 0 heterocycles. The van der Waals surface area contributed by atoms with E-state index in [1.54, 1.807) is 19.1 Å². The van der Waals surface area contributed by atoms with E-state index in [0.29, 0.717) is 12.1 Å². The van der Waals surface area contributed by atoms with Crippen molar-refractivity contribution in [2.75, 3.05) is 5.32 Å². The molecule has 5 heteroatoms. The van der Waals surface area contributed by atoms with Gasteiger partial charge in [-0.1, -0.05) is 38.0 Å². The lowest BCUT2D eigenvalue weighted by molar-refractivity contribution is -0.140. The standard InChI is InChI=1S/C14H20N2O3/c1-4-10(3)12(13(17)18)16-14(19)15-11-7-5-9(2)6-8-11/h5-8,10,12H,4H2,1-3H3,(H,17,18)(H2,15,16,19)/t10?,12-/m0/s1. The number of amides is 2. The monoisotopic (exact) mass is 264 g/mol. The number of hydrogen-bond acceptors (Lipinski definition) is 2. The molecular weight excluding hydrogens is 244 g/mol. The number of aryl methyl sites for hydroxylation is 1. The summed E-state index contributed by atoms with van der Waals surface area (Å²) in [6.07, 6.45) is 0.682. The van der Waals surface area contributed by atoms with Crippen LogP contribution in [0.25, 0.3) is 0 Å². The largest absolute Gasteiger partial charge is 0.480 e. The van der Waals surface area contributed by atoms with Crippen molar-refractivity contribution in [1.29, 1.82) is 0 Å². The summed E-state index contributed by atoms with van der Waals surface area (Å²) in [5.41, 5.74) is 1.73. The van der Waals surface area contributed by atoms with Crippen molar-refractivity contribution in [2.24, 2.45) is 5.92 Å². The van der Waals surface area contributed by atoms with E-state index in [1.807, 2.05) is 26.0 Å². The average Bonchev–Trinajstić information content (AvgIpc) is 2.37. The minimum Gasteiger partial charge on any atom is -0.480 e. The number of carboxylic acids is 1. The molecule has 0 spiro atoms. The molecule has 1 unspecified atom stereocenters. The Balaban J connectivity index is 2.62. The van der Waals surface area contributed by atoms with Gasteiger partial charge in [0.25, 0.3) is 0 Å². The minimum absolute atomic E-state index is 0.124. The SMILES string of the molecule is CCC(C)[C@H](NC(=O)Nc1ccc(C)cc1)C(=O)O. The Kier molecular flexibility index (Phi) is 5.36. The van der Waals surface area contributed by atoms with E-state index >= 15 is 0 Å². The highest BCUT2D eigenvalue weighted by Crippen LogP contribution is 2.10. The van der Waals surface area contributed by atoms with Crippen molar-refractivity contribution in [3.8, 4) is 0 Å². The van der Waals surface area contributed by atoms with Gasteiger partial charge in [-0.15, -0.1) is 0 Å². The Hall–Kier alpha value is -2.04. The number of rotatable bonds is 5. The first-order valence-electron chi connectivity index (χ1n) is 6.31. The van der Waals surface area contributed by atoms with Crippen LogP contribution in [0.1, 0.15) is 25.8 Å². The predicted molar refractivity (Wildman–Crippen MR) is 74.2 cm³/mol. The summed E-state index contributed by atoms with van der Waals surface area (Å²) in [6, 6.07) is 5.91. The Bertz CT molecular complexity index is 443. The smallest absolute Gasteiger partial charge is 0.326 e. The van der Waals surface area contributed by atoms with Crippen molar-refractivity contribution in [1.82, 2.24) is 5.32 Å². The molecule has 104 valence electrons. The van der Waals surface area contributed by atoms with Crippen molar-refractivity contribution in [2.45, 2.75) is 33.2 Å². The summed E-state index contributed by atoms with van der Waals surface area (Å²) >= 11 is 0. The fourth-order valence-corrected chi connectivity index (χ4v) is 1.63. The van der Waals surface area contributed by atoms with E-state index in [4.69, 9.17) is 5.11 Å². The van der Waals surface area contributed by atoms with Crippen molar-refractivity contribution < 1.29 is 14.7 Å². The molecule has 0 aliphatic heterocycles. The maximum atomic E-state index is 11.7. The van der Waals surface area contributed by atoms with Crippen molar-refractivity contribution in [3.05, 3.63) is 29.8 Å². The number of carbonyl (C=O) groups excluding carboxylic acids is 1. The lowest BCUT2D eigenvalue weighted by atomic mass is 9.99. The van der Waals surface area contributed by atoms with Gasteiger partial charge in [-0.3, -0.25) is 0 Å². The number of aliphatic carboxylic acids is 1. The van der Waals surface area contributed by atoms with Gasteiger partial charge in [0.05, 0.1) is 0 Å². The van der Waals surface area contributed by atoms with E-state index in [-0.39, 0.29) is 5.92 Å². The third-order valence-corrected chi connectivity index (χ3v) is 3.08. The van der Waals surface area contributed by atoms with Gasteiger partial charge in [-0.2, -0.15) is 0 Å². The summed E-state index contributed by atoms with van der Waals surface area (Å²) in [5.74, 6) is -1.14. The van der Waals surface area contributed by atoms with E-state index in [0.717, 1.165) is 5.56 Å². The van der Waals surface area contributed by atoms with Crippen molar-refractivity contribution >= 4 is 17.7 Å². The van der Waals surface area contributed by atoms with Crippen LogP contribution in [0.5, 0.6) is 0 Å². The number of urea groups is 1. The van der Waals surface area contributed by atoms with Gasteiger partial charge in [-0.25, -0.2) is 9.59 Å². The fraction of sp³-hybridized carbons (Fsp3) is 0.429. The summed E-state index contributed by atoms with van der Waals surface area (Å²) in [4.78, 5) is 22.8. The van der Waals surface area contributed by atoms with Gasteiger partial charge in [0.1, 0.15) is 6.04 Å². The molecule has 3 N–H and O–H groups in total. The Labute approximate surface area is 113 Å². The molecular formula is C14H20N2O3. The second-order valence-corrected chi connectivity index (χ2v) is 4.67. The summed E-state index contributed by atoms with van der Waals surface area (Å²) < 4.78 is 0. The topological polar surface area (TPSA) is 78.4 Å². The van der Waals surface area contributed by atoms with Gasteiger partial charge in [0.2, 0.25) is 0 Å². The van der Waals surface area contributed by atoms with E-state index in [1.165, 1.54) is 0 Å². The molecule has 2 amide bonds. The highest BCUT2D eigenvalue weighted by Gasteiger charge is 2.25. The third kappa shape index (κ3) is 4.62. The molecule has 1 rings (SSSR count). The molecule has 0 saturated heterocycles. The highest BCUT2D eigenvalue weighted by molar-refractivity contribution is 5.92. The maximum Gasteiger partial charge on any atom is 0.326 e. The normalized spacial score (nSPS) is 13.4. The molecule has 2 atom stereocenters. The van der Waals surface area contributed by atoms with Crippen LogP contribution in [0.4, 0.5) is 10.5 Å². The number of hydrogen-bond donors (Lipinski definition) is 3. The van der Waals surface area contributed by atoms with E-state index < -0.39 is 18.0 Å². The van der Waals surface area contributed by atoms with Crippen LogP contribution in [0.3, 0.4) is 0 Å². The number of carbonyl (C=O) groups is 2. The molecule has 0 radical (unpaired) electrons. The van der Waals surface area contributed by atoms with Gasteiger partial charge >= 0.3 is 12.0 Å². The molecule has 0 aliphatic carbocycles. The fourth-order valence-electron chi connectivity index (χ4n) is 1.63. The summed E-state index contributed by atoms with van der Waals surface area (Å²) in [7, 11) is 0. The van der Waals surface area contributed by atoms with Crippen LogP contribution >= 0.6 is 0 Å². The molecule has 19 heavy (non-hydrogen) atoms. The van der Waals surface area contributed by atoms with Crippen LogP contribution in [0.15, 0.2) is 24.3 Å². The summed E-state index contributed by atoms with van der Waals surface area (Å²) in [5, 5.41) is 14.2. The lowest BCUT2D eigenvalue weighted by Crippen LogP contribution is -2.46. The number of carboxylic acid groups (broad SMARTS) is 1. The first-order valence-corrected chi connectivity index (χ1v) is 6.31. The Morgan fingerprint density at radius 3 is 2.32 bits per heavy atom. The van der Waals surface area contributed by atoms with Gasteiger partial charge in [0, 0.05) is 5.69 Å². The second kappa shape index (κ2) is 6.78. The number of anilines is 1. The second-order valence-electron chi connectivity index (χ2n) is 4.67. The van der Waals surface area contributed by atoms with Crippen LogP contribution in [-0.2, 0) is 4.79 Å². The molecule has 5 nitrogen and oxygen atoms in total. The van der Waals surface area contributed by atoms with Gasteiger partial charge < -0.3 is 15.7 Å². The van der Waals surface area contributed by atoms with Crippen LogP contribution in [-0.4, -0.2) is 23.1 Å². The molecule has 0 fully saturated rings. The molecule has 0 aromatic heterocycles. The molecule has 0 aliphatic rings. The average molecular weight is 264 g/mol. The van der Waals surface area contributed by atoms with E-state index in [9.17, 15) is 9.59 Å². The number of benzene rings is 1. The quantitative estimate of drug-likeness (QED) is 0.765. The van der Waals surface area contributed by atoms with Crippen molar-refractivity contribution in [3.63, 3.8) is 0 Å². The maximum absolute atomic E-state index is 11.7. The third-order valence-electron chi connectivity index (χ3n) is 3.08. The number of nitrogens with one attached hydrogen (secondary N) is 2. The first kappa shape index (κ1) is 15.0. The zero-order chi connectivity index (χ0) is 14.4. The molecule has 0 saturated carbocycles. The Morgan fingerprint density at radius 1 is 1.26 bits per heavy atom. The molecule has 1 aromatic carbocycles.